The van der Waals surface area contributed by atoms with Crippen molar-refractivity contribution in [2.75, 3.05) is 20.3 Å². The Kier molecular flexibility index (Phi) is 7.34. The Morgan fingerprint density at radius 1 is 1.16 bits per heavy atom. The molecule has 0 bridgehead atoms. The lowest BCUT2D eigenvalue weighted by atomic mass is 10.1. The summed E-state index contributed by atoms with van der Waals surface area (Å²) < 4.78 is 11.3. The van der Waals surface area contributed by atoms with E-state index in [1.54, 1.807) is 7.11 Å². The zero-order valence-corrected chi connectivity index (χ0v) is 12.7. The highest BCUT2D eigenvalue weighted by molar-refractivity contribution is 5.40. The van der Waals surface area contributed by atoms with Crippen molar-refractivity contribution in [2.45, 2.75) is 40.2 Å². The van der Waals surface area contributed by atoms with E-state index in [2.05, 4.69) is 26.1 Å². The van der Waals surface area contributed by atoms with E-state index in [0.717, 1.165) is 49.6 Å². The molecule has 108 valence electrons. The molecule has 0 fully saturated rings. The van der Waals surface area contributed by atoms with Crippen LogP contribution in [0.2, 0.25) is 0 Å². The largest absolute Gasteiger partial charge is 0.497 e. The van der Waals surface area contributed by atoms with Crippen LogP contribution in [0.25, 0.3) is 0 Å². The third-order valence-electron chi connectivity index (χ3n) is 3.46. The summed E-state index contributed by atoms with van der Waals surface area (Å²) in [5.41, 5.74) is 1.16. The smallest absolute Gasteiger partial charge is 0.124 e. The van der Waals surface area contributed by atoms with Gasteiger partial charge in [-0.3, -0.25) is 0 Å². The highest BCUT2D eigenvalue weighted by Crippen LogP contribution is 2.25. The lowest BCUT2D eigenvalue weighted by molar-refractivity contribution is 0.238. The Morgan fingerprint density at radius 3 is 2.47 bits per heavy atom. The number of benzene rings is 1. The topological polar surface area (TPSA) is 30.5 Å². The summed E-state index contributed by atoms with van der Waals surface area (Å²) in [6.45, 7) is 9.08. The van der Waals surface area contributed by atoms with E-state index in [-0.39, 0.29) is 0 Å². The van der Waals surface area contributed by atoms with E-state index in [0.29, 0.717) is 5.92 Å². The summed E-state index contributed by atoms with van der Waals surface area (Å²) in [6.07, 6.45) is 2.32. The van der Waals surface area contributed by atoms with Gasteiger partial charge in [-0.15, -0.1) is 0 Å². The molecule has 1 N–H and O–H groups in total. The molecule has 0 aromatic heterocycles. The second-order valence-corrected chi connectivity index (χ2v) is 4.75. The minimum Gasteiger partial charge on any atom is -0.497 e. The van der Waals surface area contributed by atoms with Crippen LogP contribution < -0.4 is 14.8 Å². The summed E-state index contributed by atoms with van der Waals surface area (Å²) >= 11 is 0. The number of rotatable bonds is 9. The van der Waals surface area contributed by atoms with Crippen LogP contribution >= 0.6 is 0 Å². The molecular formula is C16H27NO2. The molecular weight excluding hydrogens is 238 g/mol. The van der Waals surface area contributed by atoms with E-state index in [4.69, 9.17) is 9.47 Å². The van der Waals surface area contributed by atoms with Gasteiger partial charge in [-0.2, -0.15) is 0 Å². The Balaban J connectivity index is 2.74. The fourth-order valence-corrected chi connectivity index (χ4v) is 1.95. The number of methoxy groups -OCH3 is 1. The molecule has 0 radical (unpaired) electrons. The maximum atomic E-state index is 5.98. The fourth-order valence-electron chi connectivity index (χ4n) is 1.95. The summed E-state index contributed by atoms with van der Waals surface area (Å²) in [7, 11) is 1.69. The molecule has 3 heteroatoms. The molecule has 0 aliphatic rings. The SMILES string of the molecule is CCNCc1cc(OC)ccc1OCC(CC)CC. The molecule has 1 aromatic rings. The molecule has 0 aliphatic heterocycles. The number of hydrogen-bond acceptors (Lipinski definition) is 3. The van der Waals surface area contributed by atoms with E-state index >= 15 is 0 Å². The van der Waals surface area contributed by atoms with Crippen LogP contribution in [-0.4, -0.2) is 20.3 Å². The first kappa shape index (κ1) is 15.8. The van der Waals surface area contributed by atoms with Gasteiger partial charge in [0.25, 0.3) is 0 Å². The summed E-state index contributed by atoms with van der Waals surface area (Å²) in [5.74, 6) is 2.48. The first-order valence-electron chi connectivity index (χ1n) is 7.25. The molecule has 3 nitrogen and oxygen atoms in total. The van der Waals surface area contributed by atoms with Gasteiger partial charge < -0.3 is 14.8 Å². The van der Waals surface area contributed by atoms with Crippen molar-refractivity contribution in [1.82, 2.24) is 5.32 Å². The zero-order chi connectivity index (χ0) is 14.1. The molecule has 0 saturated heterocycles. The Labute approximate surface area is 117 Å². The van der Waals surface area contributed by atoms with Gasteiger partial charge in [0, 0.05) is 12.1 Å². The Morgan fingerprint density at radius 2 is 1.89 bits per heavy atom. The monoisotopic (exact) mass is 265 g/mol. The second kappa shape index (κ2) is 8.81. The van der Waals surface area contributed by atoms with Crippen molar-refractivity contribution < 1.29 is 9.47 Å². The fraction of sp³-hybridized carbons (Fsp3) is 0.625. The summed E-state index contributed by atoms with van der Waals surface area (Å²) in [4.78, 5) is 0. The molecule has 0 atom stereocenters. The number of hydrogen-bond donors (Lipinski definition) is 1. The lowest BCUT2D eigenvalue weighted by Gasteiger charge is -2.17. The third kappa shape index (κ3) is 5.11. The first-order valence-corrected chi connectivity index (χ1v) is 7.25. The van der Waals surface area contributed by atoms with Gasteiger partial charge in [-0.1, -0.05) is 33.6 Å². The van der Waals surface area contributed by atoms with Crippen molar-refractivity contribution in [3.63, 3.8) is 0 Å². The standard InChI is InChI=1S/C16H27NO2/c1-5-13(6-2)12-19-16-9-8-15(18-4)10-14(16)11-17-7-3/h8-10,13,17H,5-7,11-12H2,1-4H3. The van der Waals surface area contributed by atoms with Gasteiger partial charge in [0.2, 0.25) is 0 Å². The maximum absolute atomic E-state index is 5.98. The molecule has 0 saturated carbocycles. The molecule has 0 spiro atoms. The third-order valence-corrected chi connectivity index (χ3v) is 3.46. The van der Waals surface area contributed by atoms with Crippen molar-refractivity contribution in [1.29, 1.82) is 0 Å². The van der Waals surface area contributed by atoms with Gasteiger partial charge in [-0.05, 0) is 30.7 Å². The van der Waals surface area contributed by atoms with Crippen LogP contribution in [0.1, 0.15) is 39.2 Å². The molecule has 0 aliphatic carbocycles. The van der Waals surface area contributed by atoms with Gasteiger partial charge in [0.05, 0.1) is 13.7 Å². The predicted molar refractivity (Wildman–Crippen MR) is 79.9 cm³/mol. The van der Waals surface area contributed by atoms with Gasteiger partial charge >= 0.3 is 0 Å². The molecule has 0 unspecified atom stereocenters. The van der Waals surface area contributed by atoms with Crippen molar-refractivity contribution in [2.24, 2.45) is 5.92 Å². The van der Waals surface area contributed by atoms with E-state index in [9.17, 15) is 0 Å². The molecule has 1 rings (SSSR count). The number of nitrogens with one attached hydrogen (secondary N) is 1. The predicted octanol–water partition coefficient (Wildman–Crippen LogP) is 3.62. The van der Waals surface area contributed by atoms with Gasteiger partial charge in [0.15, 0.2) is 0 Å². The Bertz CT molecular complexity index is 362. The van der Waals surface area contributed by atoms with Crippen LogP contribution in [0.4, 0.5) is 0 Å². The Hall–Kier alpha value is -1.22. The molecule has 19 heavy (non-hydrogen) atoms. The van der Waals surface area contributed by atoms with Crippen LogP contribution in [0.3, 0.4) is 0 Å². The second-order valence-electron chi connectivity index (χ2n) is 4.75. The highest BCUT2D eigenvalue weighted by Gasteiger charge is 2.09. The minimum atomic E-state index is 0.633. The van der Waals surface area contributed by atoms with Crippen LogP contribution in [-0.2, 0) is 6.54 Å². The maximum Gasteiger partial charge on any atom is 0.124 e. The molecule has 0 amide bonds. The van der Waals surface area contributed by atoms with E-state index < -0.39 is 0 Å². The quantitative estimate of drug-likeness (QED) is 0.739. The van der Waals surface area contributed by atoms with Crippen molar-refractivity contribution in [3.8, 4) is 11.5 Å². The number of ether oxygens (including phenoxy) is 2. The average Bonchev–Trinajstić information content (AvgIpc) is 2.46. The minimum absolute atomic E-state index is 0.633. The normalized spacial score (nSPS) is 10.8. The van der Waals surface area contributed by atoms with Crippen LogP contribution in [0, 0.1) is 5.92 Å². The van der Waals surface area contributed by atoms with Crippen LogP contribution in [0.15, 0.2) is 18.2 Å². The zero-order valence-electron chi connectivity index (χ0n) is 12.7. The van der Waals surface area contributed by atoms with Gasteiger partial charge in [-0.25, -0.2) is 0 Å². The summed E-state index contributed by atoms with van der Waals surface area (Å²) in [6, 6.07) is 6.01. The summed E-state index contributed by atoms with van der Waals surface area (Å²) in [5, 5.41) is 3.34. The first-order chi connectivity index (χ1) is 9.24. The van der Waals surface area contributed by atoms with Gasteiger partial charge in [0.1, 0.15) is 11.5 Å². The molecule has 1 aromatic carbocycles. The van der Waals surface area contributed by atoms with E-state index in [1.807, 2.05) is 18.2 Å². The molecule has 0 heterocycles. The average molecular weight is 265 g/mol. The highest BCUT2D eigenvalue weighted by atomic mass is 16.5. The lowest BCUT2D eigenvalue weighted by Crippen LogP contribution is -2.15. The van der Waals surface area contributed by atoms with Crippen LogP contribution in [0.5, 0.6) is 11.5 Å². The van der Waals surface area contributed by atoms with Crippen molar-refractivity contribution >= 4 is 0 Å². The van der Waals surface area contributed by atoms with Crippen molar-refractivity contribution in [3.05, 3.63) is 23.8 Å². The van der Waals surface area contributed by atoms with E-state index in [1.165, 1.54) is 0 Å².